The molecule has 0 fully saturated rings. The molecule has 2 heterocycles. The molecule has 10 aromatic carbocycles. The van der Waals surface area contributed by atoms with Gasteiger partial charge in [-0.3, -0.25) is 0 Å². The topological polar surface area (TPSA) is 4.93 Å². The third-order valence-electron chi connectivity index (χ3n) is 11.9. The fourth-order valence-electron chi connectivity index (χ4n) is 9.24. The molecular weight excluding hydrogens is 719 g/mol. The summed E-state index contributed by atoms with van der Waals surface area (Å²) in [6.45, 7) is 0. The fourth-order valence-corrected chi connectivity index (χ4v) is 10.6. The molecule has 0 spiro atoms. The van der Waals surface area contributed by atoms with E-state index in [1.165, 1.54) is 114 Å². The quantitative estimate of drug-likeness (QED) is 0.154. The molecule has 2 heteroatoms. The Morgan fingerprint density at radius 2 is 0.759 bits per heavy atom. The maximum absolute atomic E-state index is 2.48. The zero-order valence-corrected chi connectivity index (χ0v) is 32.4. The largest absolute Gasteiger partial charge is 0.309 e. The van der Waals surface area contributed by atoms with Crippen molar-refractivity contribution in [1.82, 2.24) is 4.57 Å². The normalized spacial score (nSPS) is 11.8. The smallest absolute Gasteiger partial charge is 0.0546 e. The van der Waals surface area contributed by atoms with Crippen molar-refractivity contribution >= 4 is 74.9 Å². The summed E-state index contributed by atoms with van der Waals surface area (Å²) in [5.74, 6) is 0. The Kier molecular flexibility index (Phi) is 7.47. The second-order valence-corrected chi connectivity index (χ2v) is 16.3. The number of benzene rings is 10. The number of nitrogens with zero attached hydrogens (tertiary/aromatic N) is 1. The van der Waals surface area contributed by atoms with E-state index in [1.807, 2.05) is 11.3 Å². The van der Waals surface area contributed by atoms with Gasteiger partial charge in [-0.15, -0.1) is 11.3 Å². The van der Waals surface area contributed by atoms with E-state index in [1.54, 1.807) is 0 Å². The average molecular weight is 754 g/mol. The Hall–Kier alpha value is -7.26. The molecule has 0 aliphatic carbocycles. The van der Waals surface area contributed by atoms with Gasteiger partial charge in [0.2, 0.25) is 0 Å². The zero-order valence-electron chi connectivity index (χ0n) is 31.6. The Balaban J connectivity index is 1.15. The standard InChI is InChI=1S/C56H35NS/c1-4-16-36(17-5-1)41-31-47(38-20-8-3-9-21-38)55-50(33-41)51-34-42(37-18-6-2-7-19-37)32-48(56(51)58-55)40-28-29-53-49(30-40)46-26-14-15-27-52(46)57(53)54-35-39-22-10-11-23-43(39)44-24-12-13-25-45(44)54/h1-35H. The van der Waals surface area contributed by atoms with E-state index in [2.05, 4.69) is 217 Å². The highest BCUT2D eigenvalue weighted by atomic mass is 32.1. The molecule has 0 atom stereocenters. The number of para-hydroxylation sites is 1. The van der Waals surface area contributed by atoms with Gasteiger partial charge in [-0.1, -0.05) is 164 Å². The molecule has 0 bridgehead atoms. The van der Waals surface area contributed by atoms with Gasteiger partial charge in [-0.2, -0.15) is 0 Å². The van der Waals surface area contributed by atoms with Crippen LogP contribution in [0.3, 0.4) is 0 Å². The first-order valence-corrected chi connectivity index (χ1v) is 20.7. The molecule has 12 aromatic rings. The van der Waals surface area contributed by atoms with Gasteiger partial charge in [0.15, 0.2) is 0 Å². The van der Waals surface area contributed by atoms with Crippen molar-refractivity contribution in [3.8, 4) is 50.2 Å². The van der Waals surface area contributed by atoms with E-state index in [4.69, 9.17) is 0 Å². The van der Waals surface area contributed by atoms with E-state index < -0.39 is 0 Å². The Morgan fingerprint density at radius 3 is 1.41 bits per heavy atom. The first-order valence-electron chi connectivity index (χ1n) is 19.9. The molecular formula is C56H35NS. The third-order valence-corrected chi connectivity index (χ3v) is 13.2. The van der Waals surface area contributed by atoms with Crippen LogP contribution >= 0.6 is 11.3 Å². The fraction of sp³-hybridized carbons (Fsp3) is 0. The summed E-state index contributed by atoms with van der Waals surface area (Å²) >= 11 is 1.92. The predicted octanol–water partition coefficient (Wildman–Crippen LogP) is 16.1. The lowest BCUT2D eigenvalue weighted by atomic mass is 9.93. The Bertz CT molecular complexity index is 3540. The minimum atomic E-state index is 1.20. The number of thiophene rings is 1. The summed E-state index contributed by atoms with van der Waals surface area (Å²) in [7, 11) is 0. The van der Waals surface area contributed by atoms with Crippen LogP contribution in [0, 0.1) is 0 Å². The summed E-state index contributed by atoms with van der Waals surface area (Å²) in [5.41, 5.74) is 13.5. The van der Waals surface area contributed by atoms with Gasteiger partial charge in [0, 0.05) is 47.5 Å². The summed E-state index contributed by atoms with van der Waals surface area (Å²) in [6.07, 6.45) is 0. The maximum Gasteiger partial charge on any atom is 0.0546 e. The summed E-state index contributed by atoms with van der Waals surface area (Å²) < 4.78 is 5.10. The molecule has 0 unspecified atom stereocenters. The molecule has 2 aromatic heterocycles. The van der Waals surface area contributed by atoms with Gasteiger partial charge in [0.05, 0.1) is 16.7 Å². The number of fused-ring (bicyclic) bond motifs is 9. The van der Waals surface area contributed by atoms with Crippen LogP contribution in [0.2, 0.25) is 0 Å². The van der Waals surface area contributed by atoms with Crippen molar-refractivity contribution in [1.29, 1.82) is 0 Å². The van der Waals surface area contributed by atoms with Crippen LogP contribution in [-0.4, -0.2) is 4.57 Å². The lowest BCUT2D eigenvalue weighted by Crippen LogP contribution is -1.96. The lowest BCUT2D eigenvalue weighted by Gasteiger charge is -2.14. The molecule has 0 saturated heterocycles. The van der Waals surface area contributed by atoms with Crippen molar-refractivity contribution in [2.24, 2.45) is 0 Å². The second kappa shape index (κ2) is 13.2. The summed E-state index contributed by atoms with van der Waals surface area (Å²) in [6, 6.07) is 78.2. The minimum absolute atomic E-state index is 1.20. The first kappa shape index (κ1) is 32.9. The molecule has 0 radical (unpaired) electrons. The average Bonchev–Trinajstić information content (AvgIpc) is 3.84. The highest BCUT2D eigenvalue weighted by Gasteiger charge is 2.20. The van der Waals surface area contributed by atoms with Crippen LogP contribution in [-0.2, 0) is 0 Å². The van der Waals surface area contributed by atoms with Gasteiger partial charge < -0.3 is 4.57 Å². The minimum Gasteiger partial charge on any atom is -0.309 e. The van der Waals surface area contributed by atoms with Crippen molar-refractivity contribution in [2.75, 3.05) is 0 Å². The molecule has 270 valence electrons. The number of hydrogen-bond acceptors (Lipinski definition) is 1. The van der Waals surface area contributed by atoms with E-state index in [9.17, 15) is 0 Å². The van der Waals surface area contributed by atoms with Crippen LogP contribution in [0.1, 0.15) is 0 Å². The number of aromatic nitrogens is 1. The van der Waals surface area contributed by atoms with Crippen LogP contribution < -0.4 is 0 Å². The van der Waals surface area contributed by atoms with Crippen molar-refractivity contribution in [3.05, 3.63) is 212 Å². The Labute approximate surface area is 340 Å². The van der Waals surface area contributed by atoms with E-state index in [0.717, 1.165) is 0 Å². The van der Waals surface area contributed by atoms with Gasteiger partial charge in [-0.25, -0.2) is 0 Å². The lowest BCUT2D eigenvalue weighted by molar-refractivity contribution is 1.20. The monoisotopic (exact) mass is 753 g/mol. The molecule has 0 aliphatic heterocycles. The number of hydrogen-bond donors (Lipinski definition) is 0. The van der Waals surface area contributed by atoms with Gasteiger partial charge in [0.1, 0.15) is 0 Å². The maximum atomic E-state index is 2.48. The molecule has 12 rings (SSSR count). The van der Waals surface area contributed by atoms with Gasteiger partial charge >= 0.3 is 0 Å². The zero-order chi connectivity index (χ0) is 38.2. The third kappa shape index (κ3) is 5.16. The van der Waals surface area contributed by atoms with Crippen LogP contribution in [0.25, 0.3) is 114 Å². The van der Waals surface area contributed by atoms with Crippen LogP contribution in [0.4, 0.5) is 0 Å². The SMILES string of the molecule is c1ccc(-c2cc(-c3ccccc3)c3sc4c(-c5ccc6c(c5)c5ccccc5n6-c5cc6ccccc6c6ccccc56)cc(-c5ccccc5)cc4c3c2)cc1. The molecule has 0 amide bonds. The highest BCUT2D eigenvalue weighted by molar-refractivity contribution is 7.27. The number of rotatable bonds is 5. The predicted molar refractivity (Wildman–Crippen MR) is 250 cm³/mol. The van der Waals surface area contributed by atoms with Gasteiger partial charge in [0.25, 0.3) is 0 Å². The Morgan fingerprint density at radius 1 is 0.276 bits per heavy atom. The molecule has 0 aliphatic rings. The highest BCUT2D eigenvalue weighted by Crippen LogP contribution is 2.48. The van der Waals surface area contributed by atoms with Crippen molar-refractivity contribution < 1.29 is 0 Å². The summed E-state index contributed by atoms with van der Waals surface area (Å²) in [5, 5.41) is 10.1. The first-order chi connectivity index (χ1) is 28.8. The molecule has 0 N–H and O–H groups in total. The van der Waals surface area contributed by atoms with E-state index >= 15 is 0 Å². The van der Waals surface area contributed by atoms with E-state index in [-0.39, 0.29) is 0 Å². The molecule has 58 heavy (non-hydrogen) atoms. The molecule has 0 saturated carbocycles. The molecule has 1 nitrogen and oxygen atoms in total. The second-order valence-electron chi connectivity index (χ2n) is 15.2. The van der Waals surface area contributed by atoms with Crippen LogP contribution in [0.15, 0.2) is 212 Å². The summed E-state index contributed by atoms with van der Waals surface area (Å²) in [4.78, 5) is 0. The van der Waals surface area contributed by atoms with E-state index in [0.29, 0.717) is 0 Å². The van der Waals surface area contributed by atoms with Crippen LogP contribution in [0.5, 0.6) is 0 Å². The van der Waals surface area contributed by atoms with Crippen molar-refractivity contribution in [3.63, 3.8) is 0 Å². The van der Waals surface area contributed by atoms with Crippen molar-refractivity contribution in [2.45, 2.75) is 0 Å². The van der Waals surface area contributed by atoms with Gasteiger partial charge in [-0.05, 0) is 98.1 Å².